The molecule has 1 aromatic heterocycles. The molecule has 0 unspecified atom stereocenters. The average molecular weight is 428 g/mol. The third kappa shape index (κ3) is 6.25. The van der Waals surface area contributed by atoms with E-state index in [1.54, 1.807) is 24.3 Å². The zero-order chi connectivity index (χ0) is 20.9. The van der Waals surface area contributed by atoms with Gasteiger partial charge in [0.25, 0.3) is 0 Å². The highest BCUT2D eigenvalue weighted by atomic mass is 35.5. The Bertz CT molecular complexity index is 855. The number of ether oxygens (including phenoxy) is 1. The van der Waals surface area contributed by atoms with Crippen LogP contribution in [0, 0.1) is 5.92 Å². The third-order valence-electron chi connectivity index (χ3n) is 4.73. The Hall–Kier alpha value is -2.48. The van der Waals surface area contributed by atoms with Gasteiger partial charge >= 0.3 is 12.3 Å². The minimum atomic E-state index is -4.72. The van der Waals surface area contributed by atoms with Gasteiger partial charge < -0.3 is 15.4 Å². The summed E-state index contributed by atoms with van der Waals surface area (Å²) in [6.07, 6.45) is 0.631. The Morgan fingerprint density at radius 1 is 1.21 bits per heavy atom. The zero-order valence-electron chi connectivity index (χ0n) is 15.6. The van der Waals surface area contributed by atoms with E-state index in [0.29, 0.717) is 23.2 Å². The van der Waals surface area contributed by atoms with E-state index in [1.165, 1.54) is 6.42 Å². The van der Waals surface area contributed by atoms with Crippen LogP contribution in [0.1, 0.15) is 37.7 Å². The number of pyridine rings is 1. The topological polar surface area (TPSA) is 63.2 Å². The van der Waals surface area contributed by atoms with E-state index in [4.69, 9.17) is 16.3 Å². The quantitative estimate of drug-likeness (QED) is 0.599. The molecule has 1 saturated carbocycles. The number of hydrogen-bond donors (Lipinski definition) is 2. The number of aromatic nitrogens is 1. The molecule has 9 heteroatoms. The highest BCUT2D eigenvalue weighted by molar-refractivity contribution is 6.30. The van der Waals surface area contributed by atoms with Crippen LogP contribution in [0.2, 0.25) is 5.02 Å². The molecular weight excluding hydrogens is 407 g/mol. The molecule has 1 fully saturated rings. The molecule has 2 N–H and O–H groups in total. The van der Waals surface area contributed by atoms with Gasteiger partial charge in [-0.15, -0.1) is 0 Å². The molecule has 1 heterocycles. The van der Waals surface area contributed by atoms with Gasteiger partial charge in [-0.1, -0.05) is 36.9 Å². The van der Waals surface area contributed by atoms with E-state index < -0.39 is 23.6 Å². The van der Waals surface area contributed by atoms with Crippen molar-refractivity contribution in [1.82, 2.24) is 10.3 Å². The fraction of sp³-hybridized carbons (Fsp3) is 0.400. The number of rotatable bonds is 5. The maximum Gasteiger partial charge on any atom is 0.420 e. The zero-order valence-corrected chi connectivity index (χ0v) is 16.3. The van der Waals surface area contributed by atoms with E-state index in [0.717, 1.165) is 37.9 Å². The van der Waals surface area contributed by atoms with Crippen LogP contribution >= 0.6 is 11.6 Å². The minimum Gasteiger partial charge on any atom is -0.408 e. The fourth-order valence-electron chi connectivity index (χ4n) is 3.28. The molecule has 1 aliphatic carbocycles. The molecule has 0 radical (unpaired) electrons. The van der Waals surface area contributed by atoms with Crippen LogP contribution in [0.25, 0.3) is 0 Å². The van der Waals surface area contributed by atoms with Crippen LogP contribution in [0.4, 0.5) is 29.5 Å². The first kappa shape index (κ1) is 21.2. The van der Waals surface area contributed by atoms with Crippen molar-refractivity contribution in [2.45, 2.75) is 38.3 Å². The van der Waals surface area contributed by atoms with Crippen LogP contribution in [0.3, 0.4) is 0 Å². The number of carbonyl (C=O) groups is 1. The van der Waals surface area contributed by atoms with Gasteiger partial charge in [0.15, 0.2) is 5.75 Å². The number of halogens is 4. The lowest BCUT2D eigenvalue weighted by Gasteiger charge is -2.21. The fourth-order valence-corrected chi connectivity index (χ4v) is 3.47. The number of amides is 1. The minimum absolute atomic E-state index is 0.0467. The van der Waals surface area contributed by atoms with Crippen LogP contribution < -0.4 is 15.4 Å². The predicted octanol–water partition coefficient (Wildman–Crippen LogP) is 6.17. The number of alkyl halides is 3. The Morgan fingerprint density at radius 2 is 1.97 bits per heavy atom. The normalized spacial score (nSPS) is 15.0. The van der Waals surface area contributed by atoms with Gasteiger partial charge in [0.2, 0.25) is 0 Å². The molecule has 0 atom stereocenters. The van der Waals surface area contributed by atoms with Gasteiger partial charge in [0.05, 0.1) is 6.20 Å². The molecule has 156 valence electrons. The van der Waals surface area contributed by atoms with Gasteiger partial charge in [-0.25, -0.2) is 9.78 Å². The molecule has 1 aromatic carbocycles. The van der Waals surface area contributed by atoms with Crippen molar-refractivity contribution in [3.8, 4) is 5.75 Å². The average Bonchev–Trinajstić information content (AvgIpc) is 2.68. The Balaban J connectivity index is 1.69. The largest absolute Gasteiger partial charge is 0.420 e. The smallest absolute Gasteiger partial charge is 0.408 e. The molecule has 29 heavy (non-hydrogen) atoms. The van der Waals surface area contributed by atoms with E-state index in [-0.39, 0.29) is 5.82 Å². The number of carbonyl (C=O) groups excluding carboxylic acids is 1. The van der Waals surface area contributed by atoms with Crippen molar-refractivity contribution < 1.29 is 22.7 Å². The van der Waals surface area contributed by atoms with Crippen LogP contribution in [0.5, 0.6) is 5.75 Å². The number of hydrogen-bond acceptors (Lipinski definition) is 4. The van der Waals surface area contributed by atoms with Gasteiger partial charge in [-0.2, -0.15) is 13.2 Å². The van der Waals surface area contributed by atoms with Crippen molar-refractivity contribution in [3.63, 3.8) is 0 Å². The second kappa shape index (κ2) is 9.35. The van der Waals surface area contributed by atoms with Crippen molar-refractivity contribution in [3.05, 3.63) is 47.1 Å². The Kier molecular flexibility index (Phi) is 6.84. The van der Waals surface area contributed by atoms with Gasteiger partial charge in [0.1, 0.15) is 11.4 Å². The first-order chi connectivity index (χ1) is 13.8. The third-order valence-corrected chi connectivity index (χ3v) is 4.97. The molecule has 2 aromatic rings. The molecule has 3 rings (SSSR count). The summed E-state index contributed by atoms with van der Waals surface area (Å²) in [6, 6.07) is 7.29. The van der Waals surface area contributed by atoms with E-state index in [2.05, 4.69) is 15.6 Å². The van der Waals surface area contributed by atoms with Gasteiger partial charge in [-0.3, -0.25) is 0 Å². The maximum absolute atomic E-state index is 13.5. The summed E-state index contributed by atoms with van der Waals surface area (Å²) in [5, 5.41) is 5.74. The summed E-state index contributed by atoms with van der Waals surface area (Å²) < 4.78 is 45.3. The standard InChI is InChI=1S/C20H21ClF3N3O2/c21-14-7-4-8-15(9-14)27-18-10-16(20(22,23)24)17(12-25-18)29-19(28)26-11-13-5-2-1-3-6-13/h4,7-10,12-13H,1-3,5-6,11H2,(H,25,27)(H,26,28). The summed E-state index contributed by atoms with van der Waals surface area (Å²) in [5.41, 5.74) is -0.609. The summed E-state index contributed by atoms with van der Waals surface area (Å²) in [4.78, 5) is 15.9. The lowest BCUT2D eigenvalue weighted by molar-refractivity contribution is -0.138. The lowest BCUT2D eigenvalue weighted by Crippen LogP contribution is -2.33. The summed E-state index contributed by atoms with van der Waals surface area (Å²) in [6.45, 7) is 0.391. The molecule has 0 bridgehead atoms. The highest BCUT2D eigenvalue weighted by Gasteiger charge is 2.36. The molecule has 1 amide bonds. The van der Waals surface area contributed by atoms with Crippen molar-refractivity contribution >= 4 is 29.2 Å². The molecule has 0 spiro atoms. The van der Waals surface area contributed by atoms with Crippen LogP contribution in [0.15, 0.2) is 36.5 Å². The molecular formula is C20H21ClF3N3O2. The predicted molar refractivity (Wildman–Crippen MR) is 105 cm³/mol. The van der Waals surface area contributed by atoms with E-state index in [1.807, 2.05) is 0 Å². The Morgan fingerprint density at radius 3 is 2.66 bits per heavy atom. The highest BCUT2D eigenvalue weighted by Crippen LogP contribution is 2.37. The van der Waals surface area contributed by atoms with Gasteiger partial charge in [-0.05, 0) is 43.0 Å². The second-order valence-corrected chi connectivity index (χ2v) is 7.41. The van der Waals surface area contributed by atoms with E-state index in [9.17, 15) is 18.0 Å². The van der Waals surface area contributed by atoms with Gasteiger partial charge in [0, 0.05) is 17.3 Å². The summed E-state index contributed by atoms with van der Waals surface area (Å²) in [5.74, 6) is -0.356. The van der Waals surface area contributed by atoms with Crippen molar-refractivity contribution in [1.29, 1.82) is 0 Å². The first-order valence-corrected chi connectivity index (χ1v) is 9.74. The Labute approximate surface area is 171 Å². The lowest BCUT2D eigenvalue weighted by atomic mass is 9.89. The summed E-state index contributed by atoms with van der Waals surface area (Å²) >= 11 is 5.88. The number of anilines is 2. The van der Waals surface area contributed by atoms with Crippen molar-refractivity contribution in [2.24, 2.45) is 5.92 Å². The SMILES string of the molecule is O=C(NCC1CCCCC1)Oc1cnc(Nc2cccc(Cl)c2)cc1C(F)(F)F. The number of nitrogens with one attached hydrogen (secondary N) is 2. The molecule has 5 nitrogen and oxygen atoms in total. The molecule has 0 aliphatic heterocycles. The number of benzene rings is 1. The summed E-state index contributed by atoms with van der Waals surface area (Å²) in [7, 11) is 0. The van der Waals surface area contributed by atoms with Crippen LogP contribution in [-0.4, -0.2) is 17.6 Å². The number of nitrogens with zero attached hydrogens (tertiary/aromatic N) is 1. The first-order valence-electron chi connectivity index (χ1n) is 9.37. The second-order valence-electron chi connectivity index (χ2n) is 6.97. The molecule has 0 saturated heterocycles. The molecule has 1 aliphatic rings. The van der Waals surface area contributed by atoms with Crippen molar-refractivity contribution in [2.75, 3.05) is 11.9 Å². The van der Waals surface area contributed by atoms with Crippen LogP contribution in [-0.2, 0) is 6.18 Å². The monoisotopic (exact) mass is 427 g/mol. The maximum atomic E-state index is 13.5. The van der Waals surface area contributed by atoms with E-state index >= 15 is 0 Å².